The van der Waals surface area contributed by atoms with E-state index >= 15 is 0 Å². The van der Waals surface area contributed by atoms with E-state index in [1.807, 2.05) is 50.3 Å². The summed E-state index contributed by atoms with van der Waals surface area (Å²) in [7, 11) is -2.12. The number of carbonyl (C=O) groups excluding carboxylic acids is 1. The Labute approximate surface area is 226 Å². The molecule has 1 fully saturated rings. The molecule has 1 aliphatic heterocycles. The molecule has 0 radical (unpaired) electrons. The van der Waals surface area contributed by atoms with Gasteiger partial charge in [-0.1, -0.05) is 30.3 Å². The van der Waals surface area contributed by atoms with E-state index in [1.54, 1.807) is 11.3 Å². The number of rotatable bonds is 5. The second-order valence-corrected chi connectivity index (χ2v) is 12.1. The first-order valence-electron chi connectivity index (χ1n) is 11.2. The van der Waals surface area contributed by atoms with Crippen LogP contribution in [-0.4, -0.2) is 76.8 Å². The molecule has 1 amide bonds. The number of nitrogens with one attached hydrogen (secondary N) is 1. The van der Waals surface area contributed by atoms with Gasteiger partial charge in [-0.3, -0.25) is 19.6 Å². The summed E-state index contributed by atoms with van der Waals surface area (Å²) in [5.41, 5.74) is -2.51. The van der Waals surface area contributed by atoms with Crippen molar-refractivity contribution in [3.8, 4) is 10.6 Å². The Morgan fingerprint density at radius 3 is 2.37 bits per heavy atom. The van der Waals surface area contributed by atoms with Gasteiger partial charge in [0.25, 0.3) is 5.91 Å². The van der Waals surface area contributed by atoms with Crippen molar-refractivity contribution in [1.29, 1.82) is 0 Å². The lowest BCUT2D eigenvalue weighted by Gasteiger charge is -2.15. The topological polar surface area (TPSA) is 118 Å². The zero-order valence-corrected chi connectivity index (χ0v) is 23.3. The van der Waals surface area contributed by atoms with Gasteiger partial charge in [-0.15, -0.1) is 22.7 Å². The van der Waals surface area contributed by atoms with E-state index in [9.17, 15) is 18.0 Å². The zero-order valence-electron chi connectivity index (χ0n) is 20.9. The number of aromatic nitrogens is 2. The van der Waals surface area contributed by atoms with Gasteiger partial charge in [-0.05, 0) is 19.4 Å². The molecule has 0 saturated carbocycles. The van der Waals surface area contributed by atoms with Gasteiger partial charge in [0.1, 0.15) is 0 Å². The molecule has 1 N–H and O–H groups in total. The molecule has 4 rings (SSSR count). The summed E-state index contributed by atoms with van der Waals surface area (Å²) in [6.45, 7) is 4.81. The Balaban J connectivity index is 0.000000436. The van der Waals surface area contributed by atoms with E-state index in [0.717, 1.165) is 34.2 Å². The third kappa shape index (κ3) is 7.58. The van der Waals surface area contributed by atoms with Crippen LogP contribution in [0, 0.1) is 13.8 Å². The number of benzene rings is 1. The number of amides is 1. The fourth-order valence-corrected chi connectivity index (χ4v) is 5.56. The van der Waals surface area contributed by atoms with Crippen LogP contribution < -0.4 is 5.32 Å². The average Bonchev–Trinajstić information content (AvgIpc) is 3.51. The van der Waals surface area contributed by atoms with Gasteiger partial charge in [0.15, 0.2) is 21.3 Å². The number of thiazole rings is 2. The number of hydrogen-bond acceptors (Lipinski definition) is 8. The fraction of sp³-hybridized carbons (Fsp3) is 0.391. The van der Waals surface area contributed by atoms with Crippen molar-refractivity contribution in [2.75, 3.05) is 26.0 Å². The van der Waals surface area contributed by atoms with Crippen LogP contribution in [0.25, 0.3) is 10.6 Å². The molecule has 1 aliphatic rings. The molecule has 3 aromatic rings. The Morgan fingerprint density at radius 1 is 1.21 bits per heavy atom. The van der Waals surface area contributed by atoms with E-state index in [-0.39, 0.29) is 11.9 Å². The van der Waals surface area contributed by atoms with E-state index in [2.05, 4.69) is 44.5 Å². The Kier molecular flexibility index (Phi) is 9.28. The molecule has 2 atom stereocenters. The maximum absolute atomic E-state index is 13.2. The highest BCUT2D eigenvalue weighted by Crippen LogP contribution is 2.34. The van der Waals surface area contributed by atoms with Crippen molar-refractivity contribution < 1.29 is 35.5 Å². The maximum atomic E-state index is 13.2. The summed E-state index contributed by atoms with van der Waals surface area (Å²) >= 11 is 3.09. The van der Waals surface area contributed by atoms with Gasteiger partial charge in [0.05, 0.1) is 41.9 Å². The van der Waals surface area contributed by atoms with Gasteiger partial charge >= 0.3 is 5.51 Å². The van der Waals surface area contributed by atoms with Crippen LogP contribution in [0.4, 0.5) is 18.3 Å². The SMILES string of the molecule is Cc1nc(C)c(-c2csc(NC(=O)[C@@H]3C[C@@H](c4ccccc4)CN3C=[N+](C)C)n2)s1.O=S(=O)([O-])C(F)(F)F. The predicted octanol–water partition coefficient (Wildman–Crippen LogP) is 4.03. The Bertz CT molecular complexity index is 1400. The minimum atomic E-state index is -6.09. The average molecular weight is 590 g/mol. The highest BCUT2D eigenvalue weighted by atomic mass is 32.2. The van der Waals surface area contributed by atoms with Crippen molar-refractivity contribution in [3.05, 3.63) is 52.0 Å². The summed E-state index contributed by atoms with van der Waals surface area (Å²) < 4.78 is 60.9. The molecule has 15 heteroatoms. The number of anilines is 1. The normalized spacial score (nSPS) is 17.5. The number of carbonyl (C=O) groups is 1. The molecule has 2 aromatic heterocycles. The molecule has 1 saturated heterocycles. The van der Waals surface area contributed by atoms with Gasteiger partial charge in [-0.25, -0.2) is 18.4 Å². The first-order valence-corrected chi connectivity index (χ1v) is 14.3. The summed E-state index contributed by atoms with van der Waals surface area (Å²) in [6, 6.07) is 10.2. The first-order chi connectivity index (χ1) is 17.7. The largest absolute Gasteiger partial charge is 0.741 e. The smallest absolute Gasteiger partial charge is 0.485 e. The third-order valence-corrected chi connectivity index (χ3v) is 7.87. The number of aryl methyl sites for hydroxylation is 2. The quantitative estimate of drug-likeness (QED) is 0.157. The van der Waals surface area contributed by atoms with Crippen molar-refractivity contribution in [2.24, 2.45) is 0 Å². The van der Waals surface area contributed by atoms with Crippen LogP contribution in [0.15, 0.2) is 35.7 Å². The monoisotopic (exact) mass is 589 g/mol. The van der Waals surface area contributed by atoms with Crippen LogP contribution in [0.1, 0.15) is 28.6 Å². The number of alkyl halides is 3. The lowest BCUT2D eigenvalue weighted by Crippen LogP contribution is -2.40. The molecule has 0 aliphatic carbocycles. The molecule has 38 heavy (non-hydrogen) atoms. The molecular formula is C23H26F3N5O4S3. The molecule has 0 spiro atoms. The first kappa shape index (κ1) is 29.7. The van der Waals surface area contributed by atoms with Crippen molar-refractivity contribution >= 4 is 50.2 Å². The van der Waals surface area contributed by atoms with Crippen molar-refractivity contribution in [3.63, 3.8) is 0 Å². The highest BCUT2D eigenvalue weighted by Gasteiger charge is 2.41. The summed E-state index contributed by atoms with van der Waals surface area (Å²) in [6.07, 6.45) is 2.80. The summed E-state index contributed by atoms with van der Waals surface area (Å²) in [5, 5.41) is 6.69. The van der Waals surface area contributed by atoms with Crippen LogP contribution in [-0.2, 0) is 14.9 Å². The van der Waals surface area contributed by atoms with Gasteiger partial charge in [0, 0.05) is 17.7 Å². The summed E-state index contributed by atoms with van der Waals surface area (Å²) in [5.74, 6) is 0.317. The van der Waals surface area contributed by atoms with E-state index in [4.69, 9.17) is 13.0 Å². The van der Waals surface area contributed by atoms with Crippen LogP contribution in [0.2, 0.25) is 0 Å². The second-order valence-electron chi connectivity index (χ2n) is 8.71. The van der Waals surface area contributed by atoms with Gasteiger partial charge < -0.3 is 4.55 Å². The minimum absolute atomic E-state index is 0.00959. The van der Waals surface area contributed by atoms with E-state index < -0.39 is 15.6 Å². The van der Waals surface area contributed by atoms with Gasteiger partial charge in [-0.2, -0.15) is 13.2 Å². The molecule has 9 nitrogen and oxygen atoms in total. The fourth-order valence-electron chi connectivity index (χ4n) is 3.90. The molecule has 206 valence electrons. The standard InChI is InChI=1S/C22H25N5OS2.CHF3O3S/c1-14-20(30-15(2)23-14)18-12-29-22(24-18)25-21(28)19-10-17(11-27(19)13-26(3)4)16-8-6-5-7-9-16;2-1(3,4)8(5,6)7/h5-9,12-13,17,19H,10-11H2,1-4H3;(H,5,6,7)/t17-,19+;/m1./s1. The lowest BCUT2D eigenvalue weighted by atomic mass is 9.96. The van der Waals surface area contributed by atoms with Gasteiger partial charge in [0.2, 0.25) is 6.34 Å². The molecule has 1 aromatic carbocycles. The van der Waals surface area contributed by atoms with E-state index in [0.29, 0.717) is 11.0 Å². The van der Waals surface area contributed by atoms with Crippen molar-refractivity contribution in [1.82, 2.24) is 14.9 Å². The number of likely N-dealkylation sites (tertiary alicyclic amines) is 1. The third-order valence-electron chi connectivity index (χ3n) is 5.45. The second kappa shape index (κ2) is 11.9. The maximum Gasteiger partial charge on any atom is 0.485 e. The van der Waals surface area contributed by atoms with E-state index in [1.165, 1.54) is 16.9 Å². The lowest BCUT2D eigenvalue weighted by molar-refractivity contribution is -0.464. The number of nitrogens with zero attached hydrogens (tertiary/aromatic N) is 4. The molecule has 0 bridgehead atoms. The van der Waals surface area contributed by atoms with Crippen LogP contribution in [0.5, 0.6) is 0 Å². The predicted molar refractivity (Wildman–Crippen MR) is 140 cm³/mol. The number of hydrogen-bond donors (Lipinski definition) is 1. The van der Waals surface area contributed by atoms with Crippen LogP contribution in [0.3, 0.4) is 0 Å². The zero-order chi connectivity index (χ0) is 28.3. The Morgan fingerprint density at radius 2 is 1.84 bits per heavy atom. The minimum Gasteiger partial charge on any atom is -0.741 e. The molecule has 0 unspecified atom stereocenters. The number of halogens is 3. The highest BCUT2D eigenvalue weighted by molar-refractivity contribution is 7.86. The Hall–Kier alpha value is -2.88. The molecule has 3 heterocycles. The molecular weight excluding hydrogens is 563 g/mol. The van der Waals surface area contributed by atoms with Crippen LogP contribution >= 0.6 is 22.7 Å². The summed E-state index contributed by atoms with van der Waals surface area (Å²) in [4.78, 5) is 25.5. The van der Waals surface area contributed by atoms with Crippen molar-refractivity contribution in [2.45, 2.75) is 37.7 Å².